The molecule has 0 rings (SSSR count). The van der Waals surface area contributed by atoms with Crippen LogP contribution in [0.5, 0.6) is 0 Å². The molecule has 0 aliphatic heterocycles. The third-order valence-electron chi connectivity index (χ3n) is 9.57. The van der Waals surface area contributed by atoms with Crippen molar-refractivity contribution in [1.29, 1.82) is 0 Å². The fourth-order valence-corrected chi connectivity index (χ4v) is 6.03. The van der Waals surface area contributed by atoms with Crippen LogP contribution in [0.2, 0.25) is 0 Å². The lowest BCUT2D eigenvalue weighted by Gasteiger charge is -2.19. The van der Waals surface area contributed by atoms with Crippen LogP contribution in [0.15, 0.2) is 0 Å². The number of aliphatic hydroxyl groups is 1. The Hall–Kier alpha value is -1.71. The third-order valence-corrected chi connectivity index (χ3v) is 9.57. The highest BCUT2D eigenvalue weighted by Gasteiger charge is 2.19. The lowest BCUT2D eigenvalue weighted by Crippen LogP contribution is -2.25. The van der Waals surface area contributed by atoms with E-state index in [1.807, 2.05) is 0 Å². The third kappa shape index (κ3) is 32.9. The van der Waals surface area contributed by atoms with E-state index < -0.39 is 12.2 Å². The van der Waals surface area contributed by atoms with Gasteiger partial charge in [-0.25, -0.2) is 0 Å². The molecule has 0 aromatic carbocycles. The lowest BCUT2D eigenvalue weighted by atomic mass is 9.95. The zero-order valence-electron chi connectivity index (χ0n) is 34.3. The second-order valence-electron chi connectivity index (χ2n) is 14.7. The first-order valence-corrected chi connectivity index (χ1v) is 21.7. The van der Waals surface area contributed by atoms with Crippen molar-refractivity contribution in [3.8, 4) is 0 Å². The smallest absolute Gasteiger partial charge is 0.308 e. The molecule has 0 saturated carbocycles. The Bertz CT molecular complexity index is 787. The molecule has 0 aliphatic carbocycles. The molecular formula is C43H82O9. The van der Waals surface area contributed by atoms with Crippen molar-refractivity contribution >= 4 is 17.9 Å². The first-order chi connectivity index (χ1) is 25.4. The van der Waals surface area contributed by atoms with Crippen LogP contribution in [0.4, 0.5) is 0 Å². The molecule has 0 aromatic rings. The quantitative estimate of drug-likeness (QED) is 0.0283. The molecule has 9 heteroatoms. The second-order valence-corrected chi connectivity index (χ2v) is 14.7. The zero-order chi connectivity index (χ0) is 38.3. The Kier molecular flexibility index (Phi) is 37.7. The minimum absolute atomic E-state index is 0.00155. The van der Waals surface area contributed by atoms with Gasteiger partial charge in [0.2, 0.25) is 0 Å². The van der Waals surface area contributed by atoms with Crippen LogP contribution in [0.1, 0.15) is 201 Å². The monoisotopic (exact) mass is 743 g/mol. The molecule has 0 fully saturated rings. The van der Waals surface area contributed by atoms with Crippen LogP contribution in [0.25, 0.3) is 0 Å². The summed E-state index contributed by atoms with van der Waals surface area (Å²) in [5.41, 5.74) is 0. The number of unbranched alkanes of at least 4 members (excludes halogenated alkanes) is 17. The summed E-state index contributed by atoms with van der Waals surface area (Å²) < 4.78 is 28.4. The van der Waals surface area contributed by atoms with Crippen molar-refractivity contribution in [2.75, 3.05) is 39.6 Å². The molecule has 0 amide bonds. The van der Waals surface area contributed by atoms with Gasteiger partial charge in [0.25, 0.3) is 0 Å². The van der Waals surface area contributed by atoms with E-state index in [1.165, 1.54) is 70.6 Å². The van der Waals surface area contributed by atoms with Crippen molar-refractivity contribution in [3.63, 3.8) is 0 Å². The number of hydrogen-bond acceptors (Lipinski definition) is 9. The summed E-state index contributed by atoms with van der Waals surface area (Å²) >= 11 is 0. The topological polar surface area (TPSA) is 118 Å². The number of carbonyl (C=O) groups is 3. The van der Waals surface area contributed by atoms with Gasteiger partial charge < -0.3 is 28.8 Å². The van der Waals surface area contributed by atoms with Crippen LogP contribution in [-0.4, -0.2) is 68.9 Å². The number of aliphatic hydroxyl groups excluding tert-OH is 1. The molecule has 0 heterocycles. The second kappa shape index (κ2) is 39.0. The minimum atomic E-state index is -0.473. The van der Waals surface area contributed by atoms with E-state index in [2.05, 4.69) is 27.7 Å². The molecule has 1 N–H and O–H groups in total. The fraction of sp³-hybridized carbons (Fsp3) is 0.930. The maximum Gasteiger partial charge on any atom is 0.308 e. The predicted molar refractivity (Wildman–Crippen MR) is 210 cm³/mol. The summed E-state index contributed by atoms with van der Waals surface area (Å²) in [6.45, 7) is 10.2. The van der Waals surface area contributed by atoms with E-state index in [-0.39, 0.29) is 56.5 Å². The Morgan fingerprint density at radius 1 is 0.462 bits per heavy atom. The summed E-state index contributed by atoms with van der Waals surface area (Å²) in [6.07, 6.45) is 26.4. The Balaban J connectivity index is 4.27. The van der Waals surface area contributed by atoms with Crippen LogP contribution in [0, 0.1) is 11.8 Å². The molecular weight excluding hydrogens is 660 g/mol. The fourth-order valence-electron chi connectivity index (χ4n) is 6.03. The van der Waals surface area contributed by atoms with Gasteiger partial charge in [0, 0.05) is 26.1 Å². The van der Waals surface area contributed by atoms with Crippen molar-refractivity contribution in [1.82, 2.24) is 0 Å². The van der Waals surface area contributed by atoms with Gasteiger partial charge in [0.05, 0.1) is 44.7 Å². The molecule has 52 heavy (non-hydrogen) atoms. The van der Waals surface area contributed by atoms with Crippen LogP contribution in [-0.2, 0) is 38.1 Å². The van der Waals surface area contributed by atoms with Gasteiger partial charge in [-0.2, -0.15) is 0 Å². The molecule has 0 bridgehead atoms. The molecule has 308 valence electrons. The zero-order valence-corrected chi connectivity index (χ0v) is 34.3. The SMILES string of the molecule is CCCCCCCCOC(CCC(=O)OCC(CO)COC(=O)CCCCCCOC(=O)C(CCCC)CCCCCC)OCCCCCCCC. The average molecular weight is 743 g/mol. The Labute approximate surface area is 319 Å². The van der Waals surface area contributed by atoms with E-state index >= 15 is 0 Å². The van der Waals surface area contributed by atoms with E-state index in [1.54, 1.807) is 0 Å². The van der Waals surface area contributed by atoms with Gasteiger partial charge in [0.15, 0.2) is 6.29 Å². The normalized spacial score (nSPS) is 12.6. The molecule has 0 saturated heterocycles. The maximum absolute atomic E-state index is 12.6. The Morgan fingerprint density at radius 2 is 0.904 bits per heavy atom. The first kappa shape index (κ1) is 50.3. The highest BCUT2D eigenvalue weighted by molar-refractivity contribution is 5.72. The number of rotatable bonds is 40. The molecule has 0 aromatic heterocycles. The number of ether oxygens (including phenoxy) is 5. The van der Waals surface area contributed by atoms with Gasteiger partial charge in [0.1, 0.15) is 0 Å². The van der Waals surface area contributed by atoms with E-state index in [4.69, 9.17) is 23.7 Å². The molecule has 0 radical (unpaired) electrons. The highest BCUT2D eigenvalue weighted by atomic mass is 16.7. The van der Waals surface area contributed by atoms with E-state index in [0.717, 1.165) is 77.0 Å². The number of esters is 3. The van der Waals surface area contributed by atoms with Crippen molar-refractivity contribution < 1.29 is 43.2 Å². The van der Waals surface area contributed by atoms with Crippen molar-refractivity contribution in [2.24, 2.45) is 11.8 Å². The molecule has 0 aliphatic rings. The maximum atomic E-state index is 12.6. The van der Waals surface area contributed by atoms with Crippen LogP contribution < -0.4 is 0 Å². The highest BCUT2D eigenvalue weighted by Crippen LogP contribution is 2.20. The van der Waals surface area contributed by atoms with Gasteiger partial charge in [-0.3, -0.25) is 14.4 Å². The van der Waals surface area contributed by atoms with E-state index in [0.29, 0.717) is 32.7 Å². The molecule has 2 atom stereocenters. The van der Waals surface area contributed by atoms with Crippen molar-refractivity contribution in [3.05, 3.63) is 0 Å². The first-order valence-electron chi connectivity index (χ1n) is 21.7. The van der Waals surface area contributed by atoms with E-state index in [9.17, 15) is 19.5 Å². The summed E-state index contributed by atoms with van der Waals surface area (Å²) in [7, 11) is 0. The molecule has 2 unspecified atom stereocenters. The van der Waals surface area contributed by atoms with Gasteiger partial charge in [-0.05, 0) is 38.5 Å². The summed E-state index contributed by atoms with van der Waals surface area (Å²) in [5, 5.41) is 9.77. The molecule has 0 spiro atoms. The summed E-state index contributed by atoms with van der Waals surface area (Å²) in [5.74, 6) is -1.22. The molecule has 9 nitrogen and oxygen atoms in total. The van der Waals surface area contributed by atoms with Gasteiger partial charge in [-0.15, -0.1) is 0 Å². The predicted octanol–water partition coefficient (Wildman–Crippen LogP) is 10.8. The van der Waals surface area contributed by atoms with Crippen LogP contribution >= 0.6 is 0 Å². The average Bonchev–Trinajstić information content (AvgIpc) is 3.15. The Morgan fingerprint density at radius 3 is 1.44 bits per heavy atom. The minimum Gasteiger partial charge on any atom is -0.465 e. The standard InChI is InChI=1S/C43H82O9/c1-5-9-13-16-19-24-32-48-42(49-33-25-20-17-14-10-6-2)31-30-41(46)52-37-38(35-44)36-51-40(45)29-23-18-21-26-34-50-43(47)39(27-12-8-4)28-22-15-11-7-3/h38-39,42,44H,5-37H2,1-4H3. The van der Waals surface area contributed by atoms with Crippen molar-refractivity contribution in [2.45, 2.75) is 207 Å². The summed E-state index contributed by atoms with van der Waals surface area (Å²) in [6, 6.07) is 0. The number of hydrogen-bond donors (Lipinski definition) is 1. The van der Waals surface area contributed by atoms with Gasteiger partial charge in [-0.1, -0.05) is 143 Å². The van der Waals surface area contributed by atoms with Gasteiger partial charge >= 0.3 is 17.9 Å². The largest absolute Gasteiger partial charge is 0.465 e. The number of carbonyl (C=O) groups excluding carboxylic acids is 3. The lowest BCUT2D eigenvalue weighted by molar-refractivity contribution is -0.161. The summed E-state index contributed by atoms with van der Waals surface area (Å²) in [4.78, 5) is 37.4. The van der Waals surface area contributed by atoms with Crippen LogP contribution in [0.3, 0.4) is 0 Å².